The molecule has 11 heavy (non-hydrogen) atoms. The summed E-state index contributed by atoms with van der Waals surface area (Å²) in [5.41, 5.74) is 7.99. The highest BCUT2D eigenvalue weighted by Crippen LogP contribution is 1.94. The Labute approximate surface area is 66.5 Å². The monoisotopic (exact) mass is 159 g/mol. The second kappa shape index (κ2) is 4.96. The molecule has 0 aromatic carbocycles. The van der Waals surface area contributed by atoms with Crippen molar-refractivity contribution in [1.82, 2.24) is 0 Å². The van der Waals surface area contributed by atoms with Crippen molar-refractivity contribution in [2.75, 3.05) is 40.3 Å². The van der Waals surface area contributed by atoms with Gasteiger partial charge in [0.1, 0.15) is 6.54 Å². The Morgan fingerprint density at radius 2 is 2.09 bits per heavy atom. The van der Waals surface area contributed by atoms with E-state index in [-0.39, 0.29) is 6.61 Å². The molecule has 0 aromatic heterocycles. The van der Waals surface area contributed by atoms with Crippen molar-refractivity contribution in [1.29, 1.82) is 0 Å². The summed E-state index contributed by atoms with van der Waals surface area (Å²) < 4.78 is 0.690. The Hall–Kier alpha value is -0.770. The minimum atomic E-state index is 0.170. The predicted molar refractivity (Wildman–Crippen MR) is 42.9 cm³/mol. The molecule has 0 saturated heterocycles. The molecule has 5 nitrogen and oxygen atoms in total. The van der Waals surface area contributed by atoms with E-state index < -0.39 is 0 Å². The number of hydrogen-bond acceptors (Lipinski definition) is 2. The van der Waals surface area contributed by atoms with Crippen LogP contribution in [0, 0.1) is 0 Å². The van der Waals surface area contributed by atoms with Gasteiger partial charge in [0.2, 0.25) is 0 Å². The summed E-state index contributed by atoms with van der Waals surface area (Å²) in [5.74, 6) is 0. The van der Waals surface area contributed by atoms with Gasteiger partial charge in [0, 0.05) is 4.91 Å². The molecule has 0 bridgehead atoms. The van der Waals surface area contributed by atoms with E-state index in [2.05, 4.69) is 10.0 Å². The molecule has 0 fully saturated rings. The third-order valence-electron chi connectivity index (χ3n) is 1.57. The molecule has 0 heterocycles. The smallest absolute Gasteiger partial charge is 0.102 e. The zero-order chi connectivity index (χ0) is 8.74. The minimum Gasteiger partial charge on any atom is -0.391 e. The summed E-state index contributed by atoms with van der Waals surface area (Å²) in [6, 6.07) is 0. The van der Waals surface area contributed by atoms with Gasteiger partial charge in [-0.3, -0.25) is 0 Å². The highest BCUT2D eigenvalue weighted by Gasteiger charge is 2.11. The second-order valence-corrected chi connectivity index (χ2v) is 3.06. The lowest BCUT2D eigenvalue weighted by molar-refractivity contribution is -0.889. The van der Waals surface area contributed by atoms with Gasteiger partial charge in [0.25, 0.3) is 0 Å². The van der Waals surface area contributed by atoms with Gasteiger partial charge in [-0.2, -0.15) is 0 Å². The molecule has 0 unspecified atom stereocenters. The Bertz CT molecular complexity index is 151. The van der Waals surface area contributed by atoms with Crippen LogP contribution in [0.1, 0.15) is 0 Å². The van der Waals surface area contributed by atoms with Crippen LogP contribution in [0.5, 0.6) is 0 Å². The fourth-order valence-electron chi connectivity index (χ4n) is 0.743. The molecule has 0 aliphatic heterocycles. The average molecular weight is 159 g/mol. The van der Waals surface area contributed by atoms with E-state index in [0.29, 0.717) is 17.6 Å². The van der Waals surface area contributed by atoms with Crippen molar-refractivity contribution in [2.24, 2.45) is 5.11 Å². The van der Waals surface area contributed by atoms with Crippen LogP contribution in [0.4, 0.5) is 0 Å². The summed E-state index contributed by atoms with van der Waals surface area (Å²) >= 11 is 0. The topological polar surface area (TPSA) is 69.0 Å². The number of aliphatic hydroxyl groups is 1. The number of aliphatic hydroxyl groups excluding tert-OH is 1. The molecule has 0 atom stereocenters. The first-order valence-corrected chi connectivity index (χ1v) is 3.56. The van der Waals surface area contributed by atoms with Crippen LogP contribution < -0.4 is 0 Å². The number of azide groups is 1. The maximum atomic E-state index is 8.64. The largest absolute Gasteiger partial charge is 0.391 e. The van der Waals surface area contributed by atoms with Crippen molar-refractivity contribution in [3.63, 3.8) is 0 Å². The lowest BCUT2D eigenvalue weighted by atomic mass is 10.4. The van der Waals surface area contributed by atoms with Crippen molar-refractivity contribution in [3.05, 3.63) is 10.4 Å². The molecule has 5 heteroatoms. The quantitative estimate of drug-likeness (QED) is 0.267. The molecule has 0 saturated carbocycles. The summed E-state index contributed by atoms with van der Waals surface area (Å²) in [6.07, 6.45) is 0. The van der Waals surface area contributed by atoms with Gasteiger partial charge in [0.15, 0.2) is 0 Å². The zero-order valence-electron chi connectivity index (χ0n) is 7.06. The second-order valence-electron chi connectivity index (χ2n) is 3.06. The predicted octanol–water partition coefficient (Wildman–Crippen LogP) is 0.365. The van der Waals surface area contributed by atoms with E-state index in [1.807, 2.05) is 14.1 Å². The van der Waals surface area contributed by atoms with E-state index in [4.69, 9.17) is 10.6 Å². The molecule has 0 aromatic rings. The third-order valence-corrected chi connectivity index (χ3v) is 1.57. The molecule has 0 radical (unpaired) electrons. The maximum absolute atomic E-state index is 8.64. The maximum Gasteiger partial charge on any atom is 0.102 e. The van der Waals surface area contributed by atoms with Crippen LogP contribution in [-0.4, -0.2) is 49.9 Å². The Morgan fingerprint density at radius 3 is 2.55 bits per heavy atom. The molecule has 1 N–H and O–H groups in total. The summed E-state index contributed by atoms with van der Waals surface area (Å²) in [4.78, 5) is 2.65. The number of quaternary nitrogens is 1. The molecule has 0 aliphatic carbocycles. The van der Waals surface area contributed by atoms with Gasteiger partial charge in [-0.1, -0.05) is 5.11 Å². The SMILES string of the molecule is C[N+](C)(CCO)CCN=[N+]=[N-]. The van der Waals surface area contributed by atoms with Gasteiger partial charge in [-0.05, 0) is 5.53 Å². The summed E-state index contributed by atoms with van der Waals surface area (Å²) in [5, 5.41) is 12.1. The summed E-state index contributed by atoms with van der Waals surface area (Å²) in [7, 11) is 3.98. The number of likely N-dealkylation sites (N-methyl/N-ethyl adjacent to an activating group) is 1. The molecule has 0 rings (SSSR count). The van der Waals surface area contributed by atoms with Gasteiger partial charge in [0.05, 0.1) is 33.8 Å². The number of nitrogens with zero attached hydrogens (tertiary/aromatic N) is 4. The van der Waals surface area contributed by atoms with Crippen molar-refractivity contribution in [3.8, 4) is 0 Å². The van der Waals surface area contributed by atoms with Crippen LogP contribution in [0.25, 0.3) is 10.4 Å². The minimum absolute atomic E-state index is 0.170. The summed E-state index contributed by atoms with van der Waals surface area (Å²) in [6.45, 7) is 2.12. The lowest BCUT2D eigenvalue weighted by Crippen LogP contribution is -2.43. The molecule has 0 spiro atoms. The normalized spacial score (nSPS) is 10.8. The van der Waals surface area contributed by atoms with Gasteiger partial charge >= 0.3 is 0 Å². The van der Waals surface area contributed by atoms with Crippen LogP contribution in [0.3, 0.4) is 0 Å². The van der Waals surface area contributed by atoms with E-state index >= 15 is 0 Å². The van der Waals surface area contributed by atoms with Crippen LogP contribution in [0.2, 0.25) is 0 Å². The number of hydrogen-bond donors (Lipinski definition) is 1. The lowest BCUT2D eigenvalue weighted by Gasteiger charge is -2.27. The first-order chi connectivity index (χ1) is 5.12. The fraction of sp³-hybridized carbons (Fsp3) is 1.00. The Kier molecular flexibility index (Phi) is 4.61. The van der Waals surface area contributed by atoms with Gasteiger partial charge in [-0.25, -0.2) is 0 Å². The highest BCUT2D eigenvalue weighted by atomic mass is 16.3. The molecular weight excluding hydrogens is 144 g/mol. The standard InChI is InChI=1S/C6H15N4O/c1-10(2,5-6-11)4-3-8-9-7/h11H,3-6H2,1-2H3/q+1. The van der Waals surface area contributed by atoms with E-state index in [1.165, 1.54) is 0 Å². The van der Waals surface area contributed by atoms with E-state index in [9.17, 15) is 0 Å². The Morgan fingerprint density at radius 1 is 1.45 bits per heavy atom. The molecule has 0 aliphatic rings. The molecular formula is C6H15N4O+. The van der Waals surface area contributed by atoms with E-state index in [0.717, 1.165) is 6.54 Å². The third kappa shape index (κ3) is 5.66. The Balaban J connectivity index is 3.62. The number of rotatable bonds is 5. The van der Waals surface area contributed by atoms with Crippen LogP contribution >= 0.6 is 0 Å². The first-order valence-electron chi connectivity index (χ1n) is 3.56. The van der Waals surface area contributed by atoms with Gasteiger partial charge in [-0.15, -0.1) is 0 Å². The molecule has 0 amide bonds. The zero-order valence-corrected chi connectivity index (χ0v) is 7.06. The van der Waals surface area contributed by atoms with E-state index in [1.54, 1.807) is 0 Å². The van der Waals surface area contributed by atoms with Crippen LogP contribution in [0.15, 0.2) is 5.11 Å². The average Bonchev–Trinajstić information content (AvgIpc) is 1.87. The van der Waals surface area contributed by atoms with Crippen molar-refractivity contribution >= 4 is 0 Å². The van der Waals surface area contributed by atoms with Crippen molar-refractivity contribution < 1.29 is 9.59 Å². The fourth-order valence-corrected chi connectivity index (χ4v) is 0.743. The highest BCUT2D eigenvalue weighted by molar-refractivity contribution is 4.44. The van der Waals surface area contributed by atoms with Crippen LogP contribution in [-0.2, 0) is 0 Å². The van der Waals surface area contributed by atoms with Gasteiger partial charge < -0.3 is 9.59 Å². The van der Waals surface area contributed by atoms with Crippen molar-refractivity contribution in [2.45, 2.75) is 0 Å². The molecule has 64 valence electrons. The first kappa shape index (κ1) is 10.2.